The summed E-state index contributed by atoms with van der Waals surface area (Å²) in [6.45, 7) is 0.242. The van der Waals surface area contributed by atoms with Gasteiger partial charge in [0.05, 0.1) is 18.7 Å². The van der Waals surface area contributed by atoms with E-state index >= 15 is 0 Å². The number of methoxy groups -OCH3 is 1. The van der Waals surface area contributed by atoms with Crippen molar-refractivity contribution >= 4 is 29.6 Å². The van der Waals surface area contributed by atoms with Gasteiger partial charge in [0, 0.05) is 24.2 Å². The van der Waals surface area contributed by atoms with Gasteiger partial charge in [0.25, 0.3) is 5.56 Å². The second kappa shape index (κ2) is 6.60. The molecule has 130 valence electrons. The molecule has 0 spiro atoms. The van der Waals surface area contributed by atoms with Crippen molar-refractivity contribution in [3.05, 3.63) is 46.5 Å². The lowest BCUT2D eigenvalue weighted by Gasteiger charge is -2.10. The first kappa shape index (κ1) is 17.0. The summed E-state index contributed by atoms with van der Waals surface area (Å²) in [6.07, 6.45) is 2.83. The van der Waals surface area contributed by atoms with Crippen molar-refractivity contribution < 1.29 is 19.1 Å². The summed E-state index contributed by atoms with van der Waals surface area (Å²) in [5.41, 5.74) is -0.0469. The third kappa shape index (κ3) is 3.66. The molecule has 0 unspecified atom stereocenters. The fraction of sp³-hybridized carbons (Fsp3) is 0.143. The van der Waals surface area contributed by atoms with Crippen molar-refractivity contribution in [3.8, 4) is 5.88 Å². The van der Waals surface area contributed by atoms with Gasteiger partial charge in [-0.15, -0.1) is 0 Å². The maximum atomic E-state index is 12.0. The summed E-state index contributed by atoms with van der Waals surface area (Å²) in [7, 11) is -2.92. The molecular formula is C14H14N5O5P. The smallest absolute Gasteiger partial charge is 0.374 e. The third-order valence-electron chi connectivity index (χ3n) is 3.40. The molecule has 0 amide bonds. The average Bonchev–Trinajstić information content (AvgIpc) is 2.59. The number of fused-ring (bicyclic) bond motifs is 1. The molecule has 11 heteroatoms. The van der Waals surface area contributed by atoms with E-state index in [0.29, 0.717) is 28.0 Å². The highest BCUT2D eigenvalue weighted by Gasteiger charge is 2.18. The van der Waals surface area contributed by atoms with Gasteiger partial charge in [-0.3, -0.25) is 9.36 Å². The van der Waals surface area contributed by atoms with E-state index in [0.717, 1.165) is 0 Å². The van der Waals surface area contributed by atoms with Gasteiger partial charge in [-0.25, -0.2) is 10.1 Å². The molecule has 10 nitrogen and oxygen atoms in total. The standard InChI is InChI=1S/C14H14N5O5P/c1-24-10-4-9-7-17-19-14(20)12(9)13(18-10)16-6-8-2-3-11(15-5-8)25(21,22)23/h2-5,7H,6H2,1H3,(H,16,18)(H,19,20)(H2,21,22,23). The number of H-pyrrole nitrogens is 1. The second-order valence-electron chi connectivity index (χ2n) is 5.10. The van der Waals surface area contributed by atoms with Crippen molar-refractivity contribution in [1.82, 2.24) is 20.2 Å². The van der Waals surface area contributed by atoms with Crippen LogP contribution < -0.4 is 21.0 Å². The lowest BCUT2D eigenvalue weighted by Crippen LogP contribution is -2.13. The fourth-order valence-electron chi connectivity index (χ4n) is 2.21. The number of anilines is 1. The first-order valence-corrected chi connectivity index (χ1v) is 8.67. The number of ether oxygens (including phenoxy) is 1. The largest absolute Gasteiger partial charge is 0.481 e. The van der Waals surface area contributed by atoms with Gasteiger partial charge in [0.2, 0.25) is 5.88 Å². The highest BCUT2D eigenvalue weighted by molar-refractivity contribution is 7.60. The number of aromatic nitrogens is 4. The Balaban J connectivity index is 1.90. The maximum Gasteiger partial charge on any atom is 0.374 e. The Morgan fingerprint density at radius 3 is 2.76 bits per heavy atom. The summed E-state index contributed by atoms with van der Waals surface area (Å²) >= 11 is 0. The molecule has 0 aromatic carbocycles. The molecule has 0 bridgehead atoms. The molecule has 3 rings (SSSR count). The number of aromatic amines is 1. The van der Waals surface area contributed by atoms with Gasteiger partial charge < -0.3 is 19.8 Å². The Bertz CT molecular complexity index is 1010. The Hall–Kier alpha value is -2.81. The van der Waals surface area contributed by atoms with E-state index in [1.165, 1.54) is 31.6 Å². The molecule has 3 aromatic heterocycles. The van der Waals surface area contributed by atoms with Crippen molar-refractivity contribution in [2.24, 2.45) is 0 Å². The second-order valence-corrected chi connectivity index (χ2v) is 6.65. The fourth-order valence-corrected chi connectivity index (χ4v) is 2.69. The molecule has 0 aliphatic rings. The van der Waals surface area contributed by atoms with Crippen molar-refractivity contribution in [3.63, 3.8) is 0 Å². The summed E-state index contributed by atoms with van der Waals surface area (Å²) in [5, 5.41) is 9.99. The van der Waals surface area contributed by atoms with Crippen LogP contribution in [0, 0.1) is 0 Å². The van der Waals surface area contributed by atoms with Crippen LogP contribution in [0.4, 0.5) is 5.82 Å². The van der Waals surface area contributed by atoms with Crippen LogP contribution >= 0.6 is 7.60 Å². The van der Waals surface area contributed by atoms with E-state index in [9.17, 15) is 9.36 Å². The quantitative estimate of drug-likeness (QED) is 0.464. The van der Waals surface area contributed by atoms with Crippen LogP contribution in [0.5, 0.6) is 5.88 Å². The van der Waals surface area contributed by atoms with Crippen molar-refractivity contribution in [2.45, 2.75) is 6.54 Å². The average molecular weight is 363 g/mol. The highest BCUT2D eigenvalue weighted by Crippen LogP contribution is 2.31. The lowest BCUT2D eigenvalue weighted by molar-refractivity contribution is 0.386. The molecule has 0 saturated heterocycles. The Labute approximate surface area is 141 Å². The van der Waals surface area contributed by atoms with Crippen molar-refractivity contribution in [1.29, 1.82) is 0 Å². The normalized spacial score (nSPS) is 11.5. The number of nitrogens with zero attached hydrogens (tertiary/aromatic N) is 3. The number of rotatable bonds is 5. The molecule has 3 aromatic rings. The minimum Gasteiger partial charge on any atom is -0.481 e. The minimum absolute atomic E-state index is 0.242. The molecule has 25 heavy (non-hydrogen) atoms. The zero-order chi connectivity index (χ0) is 18.0. The first-order chi connectivity index (χ1) is 11.9. The summed E-state index contributed by atoms with van der Waals surface area (Å²) in [4.78, 5) is 38.1. The topological polar surface area (TPSA) is 150 Å². The number of nitrogens with one attached hydrogen (secondary N) is 2. The zero-order valence-electron chi connectivity index (χ0n) is 13.0. The van der Waals surface area contributed by atoms with E-state index in [4.69, 9.17) is 14.5 Å². The molecule has 0 saturated carbocycles. The molecule has 4 N–H and O–H groups in total. The SMILES string of the molecule is COc1cc2cn[nH]c(=O)c2c(NCc2ccc(P(=O)(O)O)nc2)n1. The van der Waals surface area contributed by atoms with Gasteiger partial charge in [-0.1, -0.05) is 6.07 Å². The van der Waals surface area contributed by atoms with E-state index in [1.807, 2.05) is 0 Å². The van der Waals surface area contributed by atoms with E-state index < -0.39 is 13.2 Å². The van der Waals surface area contributed by atoms with Crippen LogP contribution in [0.25, 0.3) is 10.8 Å². The van der Waals surface area contributed by atoms with Crippen LogP contribution in [-0.4, -0.2) is 37.1 Å². The molecule has 3 heterocycles. The van der Waals surface area contributed by atoms with E-state index in [2.05, 4.69) is 25.5 Å². The lowest BCUT2D eigenvalue weighted by atomic mass is 10.2. The number of hydrogen-bond acceptors (Lipinski definition) is 7. The molecule has 0 aliphatic carbocycles. The van der Waals surface area contributed by atoms with Crippen LogP contribution in [0.15, 0.2) is 35.4 Å². The van der Waals surface area contributed by atoms with E-state index in [-0.39, 0.29) is 12.0 Å². The highest BCUT2D eigenvalue weighted by atomic mass is 31.2. The molecule has 0 fully saturated rings. The van der Waals surface area contributed by atoms with Crippen LogP contribution in [0.3, 0.4) is 0 Å². The summed E-state index contributed by atoms with van der Waals surface area (Å²) in [6, 6.07) is 4.38. The maximum absolute atomic E-state index is 12.0. The molecular weight excluding hydrogens is 349 g/mol. The van der Waals surface area contributed by atoms with Crippen molar-refractivity contribution in [2.75, 3.05) is 12.4 Å². The van der Waals surface area contributed by atoms with Gasteiger partial charge in [-0.2, -0.15) is 10.1 Å². The van der Waals surface area contributed by atoms with Gasteiger partial charge in [-0.05, 0) is 11.6 Å². The van der Waals surface area contributed by atoms with Crippen LogP contribution in [0.2, 0.25) is 0 Å². The van der Waals surface area contributed by atoms with Gasteiger partial charge >= 0.3 is 7.60 Å². The predicted molar refractivity (Wildman–Crippen MR) is 90.0 cm³/mol. The van der Waals surface area contributed by atoms with Gasteiger partial charge in [0.15, 0.2) is 5.44 Å². The zero-order valence-corrected chi connectivity index (χ0v) is 13.9. The van der Waals surface area contributed by atoms with Gasteiger partial charge in [0.1, 0.15) is 5.82 Å². The minimum atomic E-state index is -4.38. The predicted octanol–water partition coefficient (Wildman–Crippen LogP) is 0.137. The number of hydrogen-bond donors (Lipinski definition) is 4. The third-order valence-corrected chi connectivity index (χ3v) is 4.26. The number of pyridine rings is 2. The van der Waals surface area contributed by atoms with Crippen LogP contribution in [0.1, 0.15) is 5.56 Å². The Kier molecular flexibility index (Phi) is 4.49. The van der Waals surface area contributed by atoms with Crippen LogP contribution in [-0.2, 0) is 11.1 Å². The summed E-state index contributed by atoms with van der Waals surface area (Å²) < 4.78 is 16.2. The molecule has 0 radical (unpaired) electrons. The Morgan fingerprint density at radius 2 is 2.12 bits per heavy atom. The Morgan fingerprint density at radius 1 is 1.32 bits per heavy atom. The monoisotopic (exact) mass is 363 g/mol. The van der Waals surface area contributed by atoms with E-state index in [1.54, 1.807) is 6.07 Å². The molecule has 0 aliphatic heterocycles. The summed E-state index contributed by atoms with van der Waals surface area (Å²) in [5.74, 6) is 0.620. The molecule has 0 atom stereocenters. The first-order valence-electron chi connectivity index (χ1n) is 7.06.